The van der Waals surface area contributed by atoms with Crippen LogP contribution in [-0.4, -0.2) is 5.10 Å². The quantitative estimate of drug-likeness (QED) is 0.463. The zero-order chi connectivity index (χ0) is 7.56. The molecule has 0 aliphatic heterocycles. The maximum atomic E-state index is 4.26. The topological polar surface area (TPSA) is 16.8 Å². The molecule has 0 N–H and O–H groups in total. The summed E-state index contributed by atoms with van der Waals surface area (Å²) in [7, 11) is 0. The van der Waals surface area contributed by atoms with Gasteiger partial charge in [-0.1, -0.05) is 22.6 Å². The van der Waals surface area contributed by atoms with Crippen molar-refractivity contribution < 1.29 is 4.68 Å². The summed E-state index contributed by atoms with van der Waals surface area (Å²) in [5.74, 6) is 0. The predicted octanol–water partition coefficient (Wildman–Crippen LogP) is 1.23. The van der Waals surface area contributed by atoms with E-state index >= 15 is 0 Å². The van der Waals surface area contributed by atoms with Gasteiger partial charge in [0.2, 0.25) is 0 Å². The van der Waals surface area contributed by atoms with Crippen molar-refractivity contribution in [3.05, 3.63) is 22.7 Å². The van der Waals surface area contributed by atoms with Crippen LogP contribution in [0.5, 0.6) is 0 Å². The first kappa shape index (κ1) is 7.41. The van der Waals surface area contributed by atoms with Crippen molar-refractivity contribution in [2.75, 3.05) is 0 Å². The van der Waals surface area contributed by atoms with Crippen molar-refractivity contribution in [1.82, 2.24) is 5.10 Å². The van der Waals surface area contributed by atoms with Gasteiger partial charge in [-0.2, -0.15) is 0 Å². The monoisotopic (exact) mass is 155 g/mol. The molecule has 0 spiro atoms. The van der Waals surface area contributed by atoms with Crippen LogP contribution in [0.25, 0.3) is 0 Å². The number of hydrogen-bond donors (Lipinski definition) is 0. The molecule has 0 fully saturated rings. The van der Waals surface area contributed by atoms with E-state index < -0.39 is 0 Å². The Morgan fingerprint density at radius 3 is 2.80 bits per heavy atom. The third-order valence-electron chi connectivity index (χ3n) is 1.22. The van der Waals surface area contributed by atoms with Crippen LogP contribution in [-0.2, 0) is 6.54 Å². The number of allylic oxidation sites excluding steroid dienone is 1. The lowest BCUT2D eigenvalue weighted by Gasteiger charge is -1.80. The zero-order valence-corrected chi connectivity index (χ0v) is 7.11. The molecule has 0 aliphatic rings. The summed E-state index contributed by atoms with van der Waals surface area (Å²) in [6, 6.07) is 0. The number of aromatic nitrogens is 2. The fraction of sp³-hybridized carbons (Fsp3) is 0.429. The molecular weight excluding hydrogens is 144 g/mol. The van der Waals surface area contributed by atoms with Crippen LogP contribution < -0.4 is 4.68 Å². The van der Waals surface area contributed by atoms with Crippen LogP contribution >= 0.6 is 11.3 Å². The molecule has 0 bridgehead atoms. The third-order valence-corrected chi connectivity index (χ3v) is 2.11. The van der Waals surface area contributed by atoms with E-state index in [4.69, 9.17) is 0 Å². The van der Waals surface area contributed by atoms with Crippen LogP contribution in [0.3, 0.4) is 0 Å². The van der Waals surface area contributed by atoms with Crippen LogP contribution in [0.15, 0.2) is 12.7 Å². The molecule has 0 aromatic carbocycles. The van der Waals surface area contributed by atoms with E-state index in [-0.39, 0.29) is 0 Å². The van der Waals surface area contributed by atoms with E-state index in [1.165, 1.54) is 5.01 Å². The molecular formula is C7H11N2S+. The molecule has 0 aliphatic carbocycles. The Bertz CT molecular complexity index is 240. The molecule has 0 saturated carbocycles. The lowest BCUT2D eigenvalue weighted by atomic mass is 10.6. The van der Waals surface area contributed by atoms with E-state index in [0.29, 0.717) is 0 Å². The third kappa shape index (κ3) is 1.42. The Morgan fingerprint density at radius 1 is 1.70 bits per heavy atom. The molecule has 10 heavy (non-hydrogen) atoms. The fourth-order valence-corrected chi connectivity index (χ4v) is 1.61. The Labute approximate surface area is 64.8 Å². The lowest BCUT2D eigenvalue weighted by molar-refractivity contribution is -0.745. The van der Waals surface area contributed by atoms with Gasteiger partial charge in [0.25, 0.3) is 5.01 Å². The molecule has 1 aromatic rings. The van der Waals surface area contributed by atoms with Gasteiger partial charge in [-0.15, -0.1) is 0 Å². The maximum Gasteiger partial charge on any atom is 0.262 e. The van der Waals surface area contributed by atoms with Crippen molar-refractivity contribution in [3.63, 3.8) is 0 Å². The lowest BCUT2D eigenvalue weighted by Crippen LogP contribution is -2.37. The van der Waals surface area contributed by atoms with Crippen molar-refractivity contribution >= 4 is 11.3 Å². The summed E-state index contributed by atoms with van der Waals surface area (Å²) in [6.45, 7) is 8.54. The molecule has 1 heterocycles. The van der Waals surface area contributed by atoms with Crippen LogP contribution in [0.4, 0.5) is 0 Å². The average Bonchev–Trinajstić information content (AvgIpc) is 2.13. The molecule has 3 heteroatoms. The van der Waals surface area contributed by atoms with Gasteiger partial charge in [0, 0.05) is 12.0 Å². The van der Waals surface area contributed by atoms with E-state index in [0.717, 1.165) is 11.6 Å². The maximum absolute atomic E-state index is 4.26. The SMILES string of the molecule is C=CC[n+]1nc(C)sc1C. The van der Waals surface area contributed by atoms with Crippen molar-refractivity contribution in [3.8, 4) is 0 Å². The molecule has 0 unspecified atom stereocenters. The Hall–Kier alpha value is -0.700. The molecule has 54 valence electrons. The minimum atomic E-state index is 0.816. The summed E-state index contributed by atoms with van der Waals surface area (Å²) in [4.78, 5) is 0. The first-order valence-electron chi connectivity index (χ1n) is 3.19. The normalized spacial score (nSPS) is 9.80. The largest absolute Gasteiger partial charge is 0.262 e. The highest BCUT2D eigenvalue weighted by Crippen LogP contribution is 2.03. The molecule has 1 rings (SSSR count). The van der Waals surface area contributed by atoms with Crippen molar-refractivity contribution in [2.45, 2.75) is 20.4 Å². The van der Waals surface area contributed by atoms with Gasteiger partial charge in [-0.05, 0) is 13.0 Å². The summed E-state index contributed by atoms with van der Waals surface area (Å²) >= 11 is 1.71. The molecule has 0 radical (unpaired) electrons. The predicted molar refractivity (Wildman–Crippen MR) is 42.0 cm³/mol. The standard InChI is InChI=1S/C7H11N2S/c1-4-5-9-7(3)10-6(2)8-9/h4H,1,5H2,2-3H3/q+1. The summed E-state index contributed by atoms with van der Waals surface area (Å²) in [5.41, 5.74) is 0. The van der Waals surface area contributed by atoms with Gasteiger partial charge in [0.1, 0.15) is 0 Å². The summed E-state index contributed by atoms with van der Waals surface area (Å²) in [6.07, 6.45) is 1.85. The minimum absolute atomic E-state index is 0.816. The molecule has 0 amide bonds. The second-order valence-corrected chi connectivity index (χ2v) is 3.50. The number of aryl methyl sites for hydroxylation is 2. The smallest absolute Gasteiger partial charge is 0.0967 e. The number of nitrogens with zero attached hydrogens (tertiary/aromatic N) is 2. The Balaban J connectivity index is 2.91. The highest BCUT2D eigenvalue weighted by Gasteiger charge is 2.09. The fourth-order valence-electron chi connectivity index (χ4n) is 0.819. The van der Waals surface area contributed by atoms with Gasteiger partial charge < -0.3 is 0 Å². The Kier molecular flexibility index (Phi) is 2.17. The van der Waals surface area contributed by atoms with Gasteiger partial charge in [-0.3, -0.25) is 0 Å². The average molecular weight is 155 g/mol. The van der Waals surface area contributed by atoms with Crippen molar-refractivity contribution in [2.24, 2.45) is 0 Å². The van der Waals surface area contributed by atoms with Gasteiger partial charge in [0.15, 0.2) is 11.6 Å². The van der Waals surface area contributed by atoms with E-state index in [2.05, 4.69) is 18.6 Å². The second kappa shape index (κ2) is 2.92. The first-order valence-corrected chi connectivity index (χ1v) is 4.00. The summed E-state index contributed by atoms with van der Waals surface area (Å²) < 4.78 is 1.95. The highest BCUT2D eigenvalue weighted by atomic mass is 32.1. The van der Waals surface area contributed by atoms with Gasteiger partial charge in [0.05, 0.1) is 0 Å². The van der Waals surface area contributed by atoms with Crippen LogP contribution in [0, 0.1) is 13.8 Å². The zero-order valence-electron chi connectivity index (χ0n) is 6.29. The molecule has 1 aromatic heterocycles. The minimum Gasteiger partial charge on any atom is -0.0967 e. The van der Waals surface area contributed by atoms with Crippen LogP contribution in [0.2, 0.25) is 0 Å². The summed E-state index contributed by atoms with van der Waals surface area (Å²) in [5, 5.41) is 6.61. The highest BCUT2D eigenvalue weighted by molar-refractivity contribution is 7.10. The Morgan fingerprint density at radius 2 is 2.40 bits per heavy atom. The van der Waals surface area contributed by atoms with Crippen molar-refractivity contribution in [1.29, 1.82) is 0 Å². The van der Waals surface area contributed by atoms with E-state index in [1.54, 1.807) is 11.3 Å². The van der Waals surface area contributed by atoms with E-state index in [9.17, 15) is 0 Å². The van der Waals surface area contributed by atoms with Crippen LogP contribution in [0.1, 0.15) is 10.0 Å². The molecule has 0 atom stereocenters. The van der Waals surface area contributed by atoms with Gasteiger partial charge in [-0.25, -0.2) is 0 Å². The number of rotatable bonds is 2. The first-order chi connectivity index (χ1) is 4.74. The molecule has 2 nitrogen and oxygen atoms in total. The van der Waals surface area contributed by atoms with Gasteiger partial charge >= 0.3 is 0 Å². The molecule has 0 saturated heterocycles. The second-order valence-electron chi connectivity index (χ2n) is 2.11. The number of hydrogen-bond acceptors (Lipinski definition) is 2. The van der Waals surface area contributed by atoms with E-state index in [1.807, 2.05) is 17.7 Å².